The van der Waals surface area contributed by atoms with E-state index in [4.69, 9.17) is 9.47 Å². The van der Waals surface area contributed by atoms with E-state index in [1.165, 1.54) is 0 Å². The average molecular weight is 236 g/mol. The maximum Gasteiger partial charge on any atom is 0.163 e. The third-order valence-electron chi connectivity index (χ3n) is 2.00. The van der Waals surface area contributed by atoms with E-state index in [-0.39, 0.29) is 11.9 Å². The van der Waals surface area contributed by atoms with Gasteiger partial charge in [-0.1, -0.05) is 13.8 Å². The van der Waals surface area contributed by atoms with Crippen LogP contribution in [0.4, 0.5) is 0 Å². The lowest BCUT2D eigenvalue weighted by Gasteiger charge is -2.22. The van der Waals surface area contributed by atoms with Crippen LogP contribution in [0.1, 0.15) is 27.7 Å². The predicted molar refractivity (Wildman–Crippen MR) is 65.0 cm³/mol. The summed E-state index contributed by atoms with van der Waals surface area (Å²) < 4.78 is 11.9. The highest BCUT2D eigenvalue weighted by Crippen LogP contribution is 2.34. The van der Waals surface area contributed by atoms with Crippen LogP contribution in [0.3, 0.4) is 0 Å². The Hall–Kier alpha value is 0.620. The molecule has 0 saturated carbocycles. The molecule has 0 radical (unpaired) electrons. The van der Waals surface area contributed by atoms with Crippen molar-refractivity contribution in [3.63, 3.8) is 0 Å². The van der Waals surface area contributed by atoms with Crippen LogP contribution in [0, 0.1) is 0 Å². The summed E-state index contributed by atoms with van der Waals surface area (Å²) >= 11 is 3.91. The first-order chi connectivity index (χ1) is 6.59. The van der Waals surface area contributed by atoms with Crippen molar-refractivity contribution < 1.29 is 9.47 Å². The summed E-state index contributed by atoms with van der Waals surface area (Å²) in [6.45, 7) is 9.08. The second kappa shape index (κ2) is 5.64. The van der Waals surface area contributed by atoms with Crippen LogP contribution < -0.4 is 0 Å². The van der Waals surface area contributed by atoms with Crippen LogP contribution in [0.5, 0.6) is 0 Å². The Morgan fingerprint density at radius 1 is 1.29 bits per heavy atom. The molecule has 0 aromatic carbocycles. The molecule has 1 unspecified atom stereocenters. The Bertz CT molecular complexity index is 168. The average Bonchev–Trinajstić information content (AvgIpc) is 2.46. The molecule has 0 spiro atoms. The number of ether oxygens (including phenoxy) is 2. The maximum absolute atomic E-state index is 5.85. The second-order valence-corrected chi connectivity index (χ2v) is 6.78. The standard InChI is InChI=1S/C10H20O2S2/c1-5-13-9(14-6-2)8-7-11-10(3,4)12-8/h8-9H,5-7H2,1-4H3. The van der Waals surface area contributed by atoms with Crippen LogP contribution >= 0.6 is 23.5 Å². The molecule has 1 heterocycles. The van der Waals surface area contributed by atoms with E-state index in [9.17, 15) is 0 Å². The maximum atomic E-state index is 5.85. The van der Waals surface area contributed by atoms with Crippen LogP contribution in [-0.2, 0) is 9.47 Å². The van der Waals surface area contributed by atoms with Crippen LogP contribution in [0.2, 0.25) is 0 Å². The van der Waals surface area contributed by atoms with Crippen LogP contribution in [0.15, 0.2) is 0 Å². The largest absolute Gasteiger partial charge is 0.348 e. The van der Waals surface area contributed by atoms with Gasteiger partial charge >= 0.3 is 0 Å². The van der Waals surface area contributed by atoms with Gasteiger partial charge < -0.3 is 9.47 Å². The zero-order valence-electron chi connectivity index (χ0n) is 9.41. The summed E-state index contributed by atoms with van der Waals surface area (Å²) in [5, 5.41) is 0. The first kappa shape index (κ1) is 12.7. The Balaban J connectivity index is 2.44. The number of hydrogen-bond donors (Lipinski definition) is 0. The minimum atomic E-state index is -0.383. The van der Waals surface area contributed by atoms with E-state index < -0.39 is 0 Å². The smallest absolute Gasteiger partial charge is 0.163 e. The summed E-state index contributed by atoms with van der Waals surface area (Å²) in [5.41, 5.74) is 0. The minimum absolute atomic E-state index is 0.250. The third-order valence-corrected chi connectivity index (χ3v) is 4.74. The van der Waals surface area contributed by atoms with Crippen LogP contribution in [0.25, 0.3) is 0 Å². The molecule has 0 N–H and O–H groups in total. The lowest BCUT2D eigenvalue weighted by Crippen LogP contribution is -2.27. The molecule has 14 heavy (non-hydrogen) atoms. The quantitative estimate of drug-likeness (QED) is 0.683. The molecule has 4 heteroatoms. The van der Waals surface area contributed by atoms with Gasteiger partial charge in [0.2, 0.25) is 0 Å². The van der Waals surface area contributed by atoms with Crippen LogP contribution in [-0.4, -0.2) is 34.6 Å². The highest BCUT2D eigenvalue weighted by molar-refractivity contribution is 8.17. The Morgan fingerprint density at radius 2 is 1.86 bits per heavy atom. The molecule has 0 aliphatic carbocycles. The van der Waals surface area contributed by atoms with Crippen molar-refractivity contribution in [3.05, 3.63) is 0 Å². The molecular weight excluding hydrogens is 216 g/mol. The molecule has 0 aromatic rings. The highest BCUT2D eigenvalue weighted by atomic mass is 32.2. The van der Waals surface area contributed by atoms with E-state index >= 15 is 0 Å². The Kier molecular flexibility index (Phi) is 5.11. The fourth-order valence-electron chi connectivity index (χ4n) is 1.44. The first-order valence-corrected chi connectivity index (χ1v) is 7.23. The SMILES string of the molecule is CCSC(SCC)C1COC(C)(C)O1. The third kappa shape index (κ3) is 3.65. The van der Waals surface area contributed by atoms with Gasteiger partial charge in [0.15, 0.2) is 5.79 Å². The molecule has 0 amide bonds. The van der Waals surface area contributed by atoms with E-state index in [0.29, 0.717) is 4.58 Å². The zero-order valence-corrected chi connectivity index (χ0v) is 11.0. The zero-order chi connectivity index (χ0) is 10.6. The van der Waals surface area contributed by atoms with Crippen molar-refractivity contribution >= 4 is 23.5 Å². The number of hydrogen-bond acceptors (Lipinski definition) is 4. The van der Waals surface area contributed by atoms with Gasteiger partial charge in [-0.3, -0.25) is 0 Å². The van der Waals surface area contributed by atoms with Crippen molar-refractivity contribution in [1.29, 1.82) is 0 Å². The fraction of sp³-hybridized carbons (Fsp3) is 1.00. The van der Waals surface area contributed by atoms with Crippen molar-refractivity contribution in [2.24, 2.45) is 0 Å². The molecule has 2 nitrogen and oxygen atoms in total. The minimum Gasteiger partial charge on any atom is -0.348 e. The van der Waals surface area contributed by atoms with E-state index in [1.807, 2.05) is 37.4 Å². The second-order valence-electron chi connectivity index (χ2n) is 3.65. The fourth-order valence-corrected chi connectivity index (χ4v) is 4.00. The van der Waals surface area contributed by atoms with E-state index in [1.54, 1.807) is 0 Å². The van der Waals surface area contributed by atoms with Gasteiger partial charge in [0.1, 0.15) is 6.10 Å². The molecule has 0 bridgehead atoms. The highest BCUT2D eigenvalue weighted by Gasteiger charge is 2.37. The molecule has 0 aromatic heterocycles. The molecule has 1 atom stereocenters. The molecule has 84 valence electrons. The summed E-state index contributed by atoms with van der Waals surface area (Å²) in [5.74, 6) is 1.89. The molecule has 1 aliphatic heterocycles. The summed E-state index contributed by atoms with van der Waals surface area (Å²) in [6.07, 6.45) is 0.250. The van der Waals surface area contributed by atoms with Gasteiger partial charge in [-0.05, 0) is 25.4 Å². The van der Waals surface area contributed by atoms with Gasteiger partial charge in [-0.2, -0.15) is 0 Å². The Morgan fingerprint density at radius 3 is 2.21 bits per heavy atom. The van der Waals surface area contributed by atoms with Crippen molar-refractivity contribution in [3.8, 4) is 0 Å². The number of rotatable bonds is 5. The predicted octanol–water partition coefficient (Wildman–Crippen LogP) is 2.97. The van der Waals surface area contributed by atoms with Crippen molar-refractivity contribution in [2.45, 2.75) is 44.2 Å². The topological polar surface area (TPSA) is 18.5 Å². The van der Waals surface area contributed by atoms with Gasteiger partial charge in [0, 0.05) is 0 Å². The monoisotopic (exact) mass is 236 g/mol. The van der Waals surface area contributed by atoms with Gasteiger partial charge in [0.25, 0.3) is 0 Å². The lowest BCUT2D eigenvalue weighted by atomic mass is 10.4. The van der Waals surface area contributed by atoms with Gasteiger partial charge in [0.05, 0.1) is 11.2 Å². The summed E-state index contributed by atoms with van der Waals surface area (Å²) in [6, 6.07) is 0. The normalized spacial score (nSPS) is 25.9. The first-order valence-electron chi connectivity index (χ1n) is 5.14. The summed E-state index contributed by atoms with van der Waals surface area (Å²) in [4.78, 5) is 0. The number of thioether (sulfide) groups is 2. The van der Waals surface area contributed by atoms with Gasteiger partial charge in [-0.25, -0.2) is 0 Å². The molecule has 1 rings (SSSR count). The molecule has 1 aliphatic rings. The van der Waals surface area contributed by atoms with E-state index in [2.05, 4.69) is 13.8 Å². The molecular formula is C10H20O2S2. The Labute approximate surface area is 95.5 Å². The van der Waals surface area contributed by atoms with Gasteiger partial charge in [-0.15, -0.1) is 23.5 Å². The summed E-state index contributed by atoms with van der Waals surface area (Å²) in [7, 11) is 0. The van der Waals surface area contributed by atoms with Crippen molar-refractivity contribution in [2.75, 3.05) is 18.1 Å². The molecule has 1 saturated heterocycles. The lowest BCUT2D eigenvalue weighted by molar-refractivity contribution is -0.136. The van der Waals surface area contributed by atoms with Crippen molar-refractivity contribution in [1.82, 2.24) is 0 Å². The van der Waals surface area contributed by atoms with E-state index in [0.717, 1.165) is 18.1 Å². The molecule has 1 fully saturated rings.